The molecule has 3 nitrogen and oxygen atoms in total. The monoisotopic (exact) mass is 350 g/mol. The van der Waals surface area contributed by atoms with E-state index in [1.54, 1.807) is 12.1 Å². The van der Waals surface area contributed by atoms with Gasteiger partial charge in [-0.3, -0.25) is 4.79 Å². The van der Waals surface area contributed by atoms with Gasteiger partial charge in [0, 0.05) is 11.0 Å². The second-order valence-corrected chi connectivity index (χ2v) is 6.27. The lowest BCUT2D eigenvalue weighted by Gasteiger charge is -2.22. The zero-order valence-electron chi connectivity index (χ0n) is 9.82. The Bertz CT molecular complexity index is 487. The van der Waals surface area contributed by atoms with Gasteiger partial charge >= 0.3 is 0 Å². The molecule has 1 aliphatic rings. The maximum Gasteiger partial charge on any atom is 0.231 e. The molecule has 2 N–H and O–H groups in total. The fourth-order valence-electron chi connectivity index (χ4n) is 1.91. The molecular formula is C12H13BrCl2N2O. The van der Waals surface area contributed by atoms with Crippen LogP contribution in [0.2, 0.25) is 10.0 Å². The van der Waals surface area contributed by atoms with Crippen LogP contribution in [0, 0.1) is 5.41 Å². The Balaban J connectivity index is 2.19. The molecule has 6 heteroatoms. The Kier molecular flexibility index (Phi) is 4.22. The van der Waals surface area contributed by atoms with Gasteiger partial charge in [-0.25, -0.2) is 0 Å². The van der Waals surface area contributed by atoms with Crippen LogP contribution in [0.15, 0.2) is 16.6 Å². The summed E-state index contributed by atoms with van der Waals surface area (Å²) in [5, 5.41) is 6.79. The first-order valence-electron chi connectivity index (χ1n) is 5.60. The van der Waals surface area contributed by atoms with Gasteiger partial charge in [0.1, 0.15) is 0 Å². The first-order valence-corrected chi connectivity index (χ1v) is 7.14. The fraction of sp³-hybridized carbons (Fsp3) is 0.417. The van der Waals surface area contributed by atoms with E-state index in [2.05, 4.69) is 26.6 Å². The molecule has 98 valence electrons. The van der Waals surface area contributed by atoms with Gasteiger partial charge in [-0.2, -0.15) is 0 Å². The summed E-state index contributed by atoms with van der Waals surface area (Å²) in [4.78, 5) is 12.2. The Labute approximate surface area is 124 Å². The van der Waals surface area contributed by atoms with Gasteiger partial charge in [0.25, 0.3) is 0 Å². The number of halogens is 3. The predicted molar refractivity (Wildman–Crippen MR) is 78.4 cm³/mol. The number of rotatable bonds is 2. The van der Waals surface area contributed by atoms with E-state index in [4.69, 9.17) is 23.2 Å². The zero-order chi connectivity index (χ0) is 13.3. The van der Waals surface area contributed by atoms with Crippen molar-refractivity contribution in [1.82, 2.24) is 5.32 Å². The summed E-state index contributed by atoms with van der Waals surface area (Å²) >= 11 is 15.4. The zero-order valence-corrected chi connectivity index (χ0v) is 12.9. The minimum absolute atomic E-state index is 0.0345. The van der Waals surface area contributed by atoms with E-state index >= 15 is 0 Å². The summed E-state index contributed by atoms with van der Waals surface area (Å²) in [6, 6.07) is 3.50. The van der Waals surface area contributed by atoms with Crippen LogP contribution in [-0.4, -0.2) is 19.0 Å². The second-order valence-electron chi connectivity index (χ2n) is 4.66. The lowest BCUT2D eigenvalue weighted by Crippen LogP contribution is -2.35. The standard InChI is InChI=1S/C12H13BrCl2N2O/c1-12(4-5-16-6-12)11(18)17-8-3-2-7(13)9(14)10(8)15/h2-3,16H,4-6H2,1H3,(H,17,18). The average Bonchev–Trinajstić information content (AvgIpc) is 2.78. The maximum absolute atomic E-state index is 12.2. The second kappa shape index (κ2) is 5.37. The Morgan fingerprint density at radius 2 is 2.17 bits per heavy atom. The van der Waals surface area contributed by atoms with Crippen molar-refractivity contribution in [3.05, 3.63) is 26.7 Å². The number of carbonyl (C=O) groups excluding carboxylic acids is 1. The fourth-order valence-corrected chi connectivity index (χ4v) is 2.73. The maximum atomic E-state index is 12.2. The van der Waals surface area contributed by atoms with Crippen LogP contribution in [0.5, 0.6) is 0 Å². The molecule has 1 unspecified atom stereocenters. The van der Waals surface area contributed by atoms with Crippen molar-refractivity contribution in [2.75, 3.05) is 18.4 Å². The highest BCUT2D eigenvalue weighted by atomic mass is 79.9. The number of nitrogens with one attached hydrogen (secondary N) is 2. The van der Waals surface area contributed by atoms with Crippen molar-refractivity contribution < 1.29 is 4.79 Å². The summed E-state index contributed by atoms with van der Waals surface area (Å²) in [5.41, 5.74) is 0.158. The van der Waals surface area contributed by atoms with Crippen LogP contribution in [0.1, 0.15) is 13.3 Å². The molecule has 1 heterocycles. The van der Waals surface area contributed by atoms with E-state index in [1.807, 2.05) is 6.92 Å². The third kappa shape index (κ3) is 2.67. The number of carbonyl (C=O) groups is 1. The molecular weight excluding hydrogens is 339 g/mol. The van der Waals surface area contributed by atoms with Gasteiger partial charge < -0.3 is 10.6 Å². The molecule has 1 saturated heterocycles. The van der Waals surface area contributed by atoms with Crippen LogP contribution in [0.4, 0.5) is 5.69 Å². The van der Waals surface area contributed by atoms with E-state index in [9.17, 15) is 4.79 Å². The number of hydrogen-bond acceptors (Lipinski definition) is 2. The Morgan fingerprint density at radius 1 is 1.44 bits per heavy atom. The Morgan fingerprint density at radius 3 is 2.78 bits per heavy atom. The highest BCUT2D eigenvalue weighted by molar-refractivity contribution is 9.10. The summed E-state index contributed by atoms with van der Waals surface area (Å²) in [7, 11) is 0. The summed E-state index contributed by atoms with van der Waals surface area (Å²) in [6.07, 6.45) is 0.820. The predicted octanol–water partition coefficient (Wildman–Crippen LogP) is 3.69. The largest absolute Gasteiger partial charge is 0.324 e. The smallest absolute Gasteiger partial charge is 0.231 e. The Hall–Kier alpha value is -0.290. The van der Waals surface area contributed by atoms with Crippen molar-refractivity contribution in [2.45, 2.75) is 13.3 Å². The molecule has 1 atom stereocenters. The third-order valence-corrected chi connectivity index (χ3v) is 4.97. The molecule has 0 aromatic heterocycles. The number of hydrogen-bond donors (Lipinski definition) is 2. The van der Waals surface area contributed by atoms with Gasteiger partial charge in [0.15, 0.2) is 0 Å². The van der Waals surface area contributed by atoms with E-state index in [1.165, 1.54) is 0 Å². The van der Waals surface area contributed by atoms with Crippen molar-refractivity contribution in [2.24, 2.45) is 5.41 Å². The average molecular weight is 352 g/mol. The van der Waals surface area contributed by atoms with Crippen LogP contribution >= 0.6 is 39.1 Å². The van der Waals surface area contributed by atoms with Gasteiger partial charge in [-0.1, -0.05) is 23.2 Å². The first-order chi connectivity index (χ1) is 8.44. The number of amides is 1. The van der Waals surface area contributed by atoms with Crippen LogP contribution in [-0.2, 0) is 4.79 Å². The minimum Gasteiger partial charge on any atom is -0.324 e. The first kappa shape index (κ1) is 14.1. The van der Waals surface area contributed by atoms with Crippen molar-refractivity contribution >= 4 is 50.7 Å². The summed E-state index contributed by atoms with van der Waals surface area (Å²) < 4.78 is 0.709. The van der Waals surface area contributed by atoms with Crippen molar-refractivity contribution in [3.8, 4) is 0 Å². The van der Waals surface area contributed by atoms with Gasteiger partial charge in [-0.05, 0) is 48.0 Å². The summed E-state index contributed by atoms with van der Waals surface area (Å²) in [6.45, 7) is 3.48. The highest BCUT2D eigenvalue weighted by Crippen LogP contribution is 2.37. The molecule has 0 bridgehead atoms. The molecule has 0 spiro atoms. The van der Waals surface area contributed by atoms with Gasteiger partial charge in [0.05, 0.1) is 21.1 Å². The van der Waals surface area contributed by atoms with Gasteiger partial charge in [0.2, 0.25) is 5.91 Å². The highest BCUT2D eigenvalue weighted by Gasteiger charge is 2.36. The quantitative estimate of drug-likeness (QED) is 0.798. The van der Waals surface area contributed by atoms with E-state index in [0.29, 0.717) is 26.8 Å². The van der Waals surface area contributed by atoms with E-state index < -0.39 is 0 Å². The molecule has 1 aromatic carbocycles. The number of anilines is 1. The molecule has 1 aliphatic heterocycles. The van der Waals surface area contributed by atoms with Crippen molar-refractivity contribution in [3.63, 3.8) is 0 Å². The van der Waals surface area contributed by atoms with E-state index in [-0.39, 0.29) is 11.3 Å². The van der Waals surface area contributed by atoms with Crippen molar-refractivity contribution in [1.29, 1.82) is 0 Å². The van der Waals surface area contributed by atoms with Crippen LogP contribution in [0.25, 0.3) is 0 Å². The van der Waals surface area contributed by atoms with Crippen LogP contribution in [0.3, 0.4) is 0 Å². The molecule has 1 fully saturated rings. The molecule has 0 saturated carbocycles. The third-order valence-electron chi connectivity index (χ3n) is 3.20. The molecule has 2 rings (SSSR count). The molecule has 18 heavy (non-hydrogen) atoms. The molecule has 0 aliphatic carbocycles. The van der Waals surface area contributed by atoms with Gasteiger partial charge in [-0.15, -0.1) is 0 Å². The SMILES string of the molecule is CC1(C(=O)Nc2ccc(Br)c(Cl)c2Cl)CCNC1. The normalized spacial score (nSPS) is 23.1. The topological polar surface area (TPSA) is 41.1 Å². The lowest BCUT2D eigenvalue weighted by molar-refractivity contribution is -0.123. The number of benzene rings is 1. The molecule has 1 amide bonds. The lowest BCUT2D eigenvalue weighted by atomic mass is 9.89. The van der Waals surface area contributed by atoms with Crippen LogP contribution < -0.4 is 10.6 Å². The minimum atomic E-state index is -0.386. The summed E-state index contributed by atoms with van der Waals surface area (Å²) in [5.74, 6) is -0.0345. The van der Waals surface area contributed by atoms with E-state index in [0.717, 1.165) is 13.0 Å². The molecule has 1 aromatic rings. The molecule has 0 radical (unpaired) electrons.